The smallest absolute Gasteiger partial charge is 0.191 e. The molecule has 1 saturated heterocycles. The van der Waals surface area contributed by atoms with Gasteiger partial charge < -0.3 is 20.3 Å². The summed E-state index contributed by atoms with van der Waals surface area (Å²) in [5.74, 6) is 1.80. The van der Waals surface area contributed by atoms with Gasteiger partial charge in [-0.3, -0.25) is 4.99 Å². The van der Waals surface area contributed by atoms with Gasteiger partial charge in [0.25, 0.3) is 0 Å². The van der Waals surface area contributed by atoms with Crippen molar-refractivity contribution in [1.82, 2.24) is 15.6 Å². The van der Waals surface area contributed by atoms with Gasteiger partial charge in [0, 0.05) is 39.4 Å². The van der Waals surface area contributed by atoms with Crippen LogP contribution in [0.1, 0.15) is 29.2 Å². The summed E-state index contributed by atoms with van der Waals surface area (Å²) in [5, 5.41) is 6.79. The third-order valence-corrected chi connectivity index (χ3v) is 5.00. The van der Waals surface area contributed by atoms with Crippen molar-refractivity contribution in [2.75, 3.05) is 31.6 Å². The van der Waals surface area contributed by atoms with Crippen LogP contribution in [-0.4, -0.2) is 43.8 Å². The van der Waals surface area contributed by atoms with Gasteiger partial charge in [0.15, 0.2) is 5.96 Å². The topological polar surface area (TPSA) is 61.8 Å². The molecule has 2 heterocycles. The third-order valence-electron chi connectivity index (χ3n) is 5.00. The number of aryl methyl sites for hydroxylation is 2. The maximum absolute atomic E-state index is 5.63. The molecule has 0 bridgehead atoms. The quantitative estimate of drug-likeness (QED) is 0.616. The summed E-state index contributed by atoms with van der Waals surface area (Å²) in [6.45, 7) is 10.3. The Morgan fingerprint density at radius 2 is 2.04 bits per heavy atom. The number of aliphatic imine (C=N–C) groups is 1. The van der Waals surface area contributed by atoms with Crippen molar-refractivity contribution in [2.24, 2.45) is 4.99 Å². The fraction of sp³-hybridized carbons (Fsp3) is 0.455. The van der Waals surface area contributed by atoms with Gasteiger partial charge in [-0.05, 0) is 49.6 Å². The summed E-state index contributed by atoms with van der Waals surface area (Å²) in [7, 11) is 1.80. The lowest BCUT2D eigenvalue weighted by Gasteiger charge is -2.32. The summed E-state index contributed by atoms with van der Waals surface area (Å²) in [4.78, 5) is 11.2. The Labute approximate surface area is 168 Å². The van der Waals surface area contributed by atoms with Crippen LogP contribution in [0.4, 0.5) is 5.82 Å². The zero-order chi connectivity index (χ0) is 19.9. The van der Waals surface area contributed by atoms with Crippen molar-refractivity contribution in [2.45, 2.75) is 40.0 Å². The monoisotopic (exact) mass is 381 g/mol. The van der Waals surface area contributed by atoms with Crippen LogP contribution < -0.4 is 15.5 Å². The summed E-state index contributed by atoms with van der Waals surface area (Å²) >= 11 is 0. The number of hydrogen-bond donors (Lipinski definition) is 2. The maximum atomic E-state index is 5.63. The average molecular weight is 382 g/mol. The average Bonchev–Trinajstić information content (AvgIpc) is 2.69. The Bertz CT molecular complexity index is 820. The van der Waals surface area contributed by atoms with E-state index in [9.17, 15) is 0 Å². The van der Waals surface area contributed by atoms with Crippen LogP contribution in [0.2, 0.25) is 0 Å². The van der Waals surface area contributed by atoms with Gasteiger partial charge in [-0.2, -0.15) is 0 Å². The van der Waals surface area contributed by atoms with Crippen LogP contribution in [0.3, 0.4) is 0 Å². The number of anilines is 1. The molecule has 3 rings (SSSR count). The molecule has 1 fully saturated rings. The highest BCUT2D eigenvalue weighted by atomic mass is 16.5. The van der Waals surface area contributed by atoms with E-state index in [1.165, 1.54) is 22.3 Å². The van der Waals surface area contributed by atoms with E-state index in [2.05, 4.69) is 70.5 Å². The number of aromatic nitrogens is 1. The van der Waals surface area contributed by atoms with Gasteiger partial charge in [-0.1, -0.05) is 23.8 Å². The van der Waals surface area contributed by atoms with Crippen molar-refractivity contribution >= 4 is 11.8 Å². The number of ether oxygens (including phenoxy) is 1. The number of morpholine rings is 1. The zero-order valence-corrected chi connectivity index (χ0v) is 17.3. The summed E-state index contributed by atoms with van der Waals surface area (Å²) < 4.78 is 5.63. The number of benzene rings is 1. The first-order chi connectivity index (χ1) is 13.5. The Balaban J connectivity index is 1.55. The van der Waals surface area contributed by atoms with E-state index in [-0.39, 0.29) is 6.10 Å². The Morgan fingerprint density at radius 1 is 1.21 bits per heavy atom. The zero-order valence-electron chi connectivity index (χ0n) is 17.3. The van der Waals surface area contributed by atoms with Crippen molar-refractivity contribution in [3.63, 3.8) is 0 Å². The van der Waals surface area contributed by atoms with E-state index in [1.54, 1.807) is 7.05 Å². The molecular weight excluding hydrogens is 350 g/mol. The second kappa shape index (κ2) is 9.55. The Kier molecular flexibility index (Phi) is 6.87. The maximum Gasteiger partial charge on any atom is 0.191 e. The second-order valence-corrected chi connectivity index (χ2v) is 7.36. The molecule has 150 valence electrons. The molecule has 6 nitrogen and oxygen atoms in total. The van der Waals surface area contributed by atoms with Crippen molar-refractivity contribution in [1.29, 1.82) is 0 Å². The molecule has 1 aliphatic rings. The molecule has 0 saturated carbocycles. The molecule has 1 aromatic carbocycles. The highest BCUT2D eigenvalue weighted by Gasteiger charge is 2.18. The molecule has 1 atom stereocenters. The molecule has 28 heavy (non-hydrogen) atoms. The van der Waals surface area contributed by atoms with Crippen LogP contribution in [0, 0.1) is 13.8 Å². The van der Waals surface area contributed by atoms with Crippen LogP contribution in [0.15, 0.2) is 41.5 Å². The molecule has 1 unspecified atom stereocenters. The van der Waals surface area contributed by atoms with Crippen LogP contribution in [0.25, 0.3) is 0 Å². The molecule has 0 aliphatic carbocycles. The summed E-state index contributed by atoms with van der Waals surface area (Å²) in [6, 6.07) is 10.7. The van der Waals surface area contributed by atoms with Crippen molar-refractivity contribution < 1.29 is 4.74 Å². The highest BCUT2D eigenvalue weighted by molar-refractivity contribution is 5.79. The normalized spacial score (nSPS) is 17.5. The first kappa shape index (κ1) is 20.1. The molecule has 2 aromatic rings. The van der Waals surface area contributed by atoms with Crippen LogP contribution in [0.5, 0.6) is 0 Å². The minimum Gasteiger partial charge on any atom is -0.375 e. The van der Waals surface area contributed by atoms with Crippen molar-refractivity contribution in [3.05, 3.63) is 58.8 Å². The predicted octanol–water partition coefficient (Wildman–Crippen LogP) is 2.79. The van der Waals surface area contributed by atoms with Gasteiger partial charge in [0.05, 0.1) is 12.7 Å². The molecule has 2 N–H and O–H groups in total. The highest BCUT2D eigenvalue weighted by Crippen LogP contribution is 2.16. The molecule has 0 radical (unpaired) electrons. The molecule has 1 aliphatic heterocycles. The number of rotatable bonds is 5. The fourth-order valence-electron chi connectivity index (χ4n) is 3.40. The van der Waals surface area contributed by atoms with Crippen LogP contribution in [-0.2, 0) is 17.8 Å². The van der Waals surface area contributed by atoms with E-state index >= 15 is 0 Å². The number of nitrogens with one attached hydrogen (secondary N) is 2. The molecule has 1 aromatic heterocycles. The molecule has 6 heteroatoms. The van der Waals surface area contributed by atoms with E-state index in [4.69, 9.17) is 4.74 Å². The van der Waals surface area contributed by atoms with E-state index in [1.807, 2.05) is 12.3 Å². The lowest BCUT2D eigenvalue weighted by molar-refractivity contribution is 0.0529. The SMILES string of the molecule is CN=C(NCc1ccnc(N2CCOC(C)C2)c1)NCc1ccc(C)cc1C. The van der Waals surface area contributed by atoms with Gasteiger partial charge in [-0.25, -0.2) is 4.98 Å². The van der Waals surface area contributed by atoms with Crippen LogP contribution >= 0.6 is 0 Å². The third kappa shape index (κ3) is 5.45. The molecule has 0 amide bonds. The standard InChI is InChI=1S/C22H31N5O/c1-16-5-6-20(17(2)11-16)14-26-22(23-4)25-13-19-7-8-24-21(12-19)27-9-10-28-18(3)15-27/h5-8,11-12,18H,9-10,13-15H2,1-4H3,(H2,23,25,26). The van der Waals surface area contributed by atoms with Gasteiger partial charge in [0.2, 0.25) is 0 Å². The minimum absolute atomic E-state index is 0.241. The van der Waals surface area contributed by atoms with Gasteiger partial charge in [-0.15, -0.1) is 0 Å². The van der Waals surface area contributed by atoms with E-state index in [0.717, 1.165) is 38.0 Å². The lowest BCUT2D eigenvalue weighted by atomic mass is 10.1. The molecule has 0 spiro atoms. The molecular formula is C22H31N5O. The van der Waals surface area contributed by atoms with E-state index < -0.39 is 0 Å². The number of pyridine rings is 1. The van der Waals surface area contributed by atoms with Gasteiger partial charge in [0.1, 0.15) is 5.82 Å². The summed E-state index contributed by atoms with van der Waals surface area (Å²) in [5.41, 5.74) is 5.04. The predicted molar refractivity (Wildman–Crippen MR) is 115 cm³/mol. The first-order valence-corrected chi connectivity index (χ1v) is 9.87. The van der Waals surface area contributed by atoms with Gasteiger partial charge >= 0.3 is 0 Å². The minimum atomic E-state index is 0.241. The Morgan fingerprint density at radius 3 is 2.79 bits per heavy atom. The number of guanidine groups is 1. The fourth-order valence-corrected chi connectivity index (χ4v) is 3.40. The van der Waals surface area contributed by atoms with E-state index in [0.29, 0.717) is 6.54 Å². The number of nitrogens with zero attached hydrogens (tertiary/aromatic N) is 3. The van der Waals surface area contributed by atoms with Crippen molar-refractivity contribution in [3.8, 4) is 0 Å². The lowest BCUT2D eigenvalue weighted by Crippen LogP contribution is -2.41. The number of hydrogen-bond acceptors (Lipinski definition) is 4. The Hall–Kier alpha value is -2.60. The second-order valence-electron chi connectivity index (χ2n) is 7.36. The first-order valence-electron chi connectivity index (χ1n) is 9.87. The largest absolute Gasteiger partial charge is 0.375 e. The summed E-state index contributed by atoms with van der Waals surface area (Å²) in [6.07, 6.45) is 2.11.